The van der Waals surface area contributed by atoms with Crippen LogP contribution in [0.1, 0.15) is 112 Å². The molecule has 0 fully saturated rings. The van der Waals surface area contributed by atoms with Crippen LogP contribution in [-0.4, -0.2) is 38.4 Å². The van der Waals surface area contributed by atoms with Crippen molar-refractivity contribution in [2.24, 2.45) is 5.92 Å². The normalized spacial score (nSPS) is 12.7. The molecular formula is C26H50O5. The highest BCUT2D eigenvalue weighted by Gasteiger charge is 2.42. The van der Waals surface area contributed by atoms with Gasteiger partial charge in [-0.3, -0.25) is 0 Å². The Bertz CT molecular complexity index is 427. The Kier molecular flexibility index (Phi) is 19.2. The second-order valence-corrected chi connectivity index (χ2v) is 8.46. The molecule has 1 unspecified atom stereocenters. The lowest BCUT2D eigenvalue weighted by molar-refractivity contribution is -0.406. The molecule has 0 aromatic carbocycles. The lowest BCUT2D eigenvalue weighted by Crippen LogP contribution is -2.47. The van der Waals surface area contributed by atoms with Crippen LogP contribution in [0.3, 0.4) is 0 Å². The lowest BCUT2D eigenvalue weighted by atomic mass is 9.93. The molecule has 0 spiro atoms. The molecule has 0 N–H and O–H groups in total. The van der Waals surface area contributed by atoms with Crippen molar-refractivity contribution in [1.82, 2.24) is 0 Å². The second kappa shape index (κ2) is 19.8. The summed E-state index contributed by atoms with van der Waals surface area (Å²) in [5.41, 5.74) is 0.432. The number of carbonyl (C=O) groups is 1. The first-order valence-electron chi connectivity index (χ1n) is 12.7. The summed E-state index contributed by atoms with van der Waals surface area (Å²) in [4.78, 5) is 11.7. The Hall–Kier alpha value is -0.910. The molecule has 1 atom stereocenters. The Balaban J connectivity index is 5.21. The zero-order valence-corrected chi connectivity index (χ0v) is 21.1. The monoisotopic (exact) mass is 442 g/mol. The fourth-order valence-corrected chi connectivity index (χ4v) is 3.50. The minimum Gasteiger partial charge on any atom is -0.462 e. The van der Waals surface area contributed by atoms with Crippen LogP contribution < -0.4 is 0 Å². The van der Waals surface area contributed by atoms with Gasteiger partial charge in [0.1, 0.15) is 0 Å². The standard InChI is InChI=1S/C26H50O5/c1-7-11-12-13-14-15-17-24(18-16-22-28-25(27)23(5)6)26(29-19-8-2,30-20-9-3)31-21-10-4/h24H,5,7-22H2,1-4,6H3. The molecule has 5 nitrogen and oxygen atoms in total. The van der Waals surface area contributed by atoms with Crippen LogP contribution in [0.4, 0.5) is 0 Å². The maximum absolute atomic E-state index is 11.7. The molecule has 0 aliphatic carbocycles. The summed E-state index contributed by atoms with van der Waals surface area (Å²) in [6.45, 7) is 16.0. The van der Waals surface area contributed by atoms with Crippen molar-refractivity contribution in [2.75, 3.05) is 26.4 Å². The van der Waals surface area contributed by atoms with E-state index >= 15 is 0 Å². The largest absolute Gasteiger partial charge is 0.462 e. The van der Waals surface area contributed by atoms with E-state index in [1.165, 1.54) is 32.1 Å². The summed E-state index contributed by atoms with van der Waals surface area (Å²) in [5.74, 6) is -1.23. The molecule has 0 aliphatic rings. The summed E-state index contributed by atoms with van der Waals surface area (Å²) in [6.07, 6.45) is 12.8. The summed E-state index contributed by atoms with van der Waals surface area (Å²) < 4.78 is 24.2. The van der Waals surface area contributed by atoms with Crippen LogP contribution in [-0.2, 0) is 23.7 Å². The Morgan fingerprint density at radius 2 is 1.19 bits per heavy atom. The van der Waals surface area contributed by atoms with Crippen molar-refractivity contribution in [3.63, 3.8) is 0 Å². The van der Waals surface area contributed by atoms with E-state index in [9.17, 15) is 4.79 Å². The minimum absolute atomic E-state index is 0.104. The first-order chi connectivity index (χ1) is 15.0. The molecule has 0 saturated carbocycles. The highest BCUT2D eigenvalue weighted by atomic mass is 16.9. The highest BCUT2D eigenvalue weighted by molar-refractivity contribution is 5.86. The van der Waals surface area contributed by atoms with E-state index in [0.29, 0.717) is 32.0 Å². The molecule has 31 heavy (non-hydrogen) atoms. The van der Waals surface area contributed by atoms with Gasteiger partial charge in [-0.2, -0.15) is 0 Å². The average Bonchev–Trinajstić information content (AvgIpc) is 2.77. The molecule has 0 radical (unpaired) electrons. The van der Waals surface area contributed by atoms with Gasteiger partial charge in [-0.1, -0.05) is 72.8 Å². The SMILES string of the molecule is C=C(C)C(=O)OCCCC(CCCCCCCC)C(OCCC)(OCCC)OCCC. The third-order valence-electron chi connectivity index (χ3n) is 5.21. The first kappa shape index (κ1) is 30.1. The van der Waals surface area contributed by atoms with Gasteiger partial charge in [-0.25, -0.2) is 4.79 Å². The van der Waals surface area contributed by atoms with Crippen LogP contribution >= 0.6 is 0 Å². The van der Waals surface area contributed by atoms with Gasteiger partial charge in [-0.15, -0.1) is 0 Å². The fourth-order valence-electron chi connectivity index (χ4n) is 3.50. The smallest absolute Gasteiger partial charge is 0.333 e. The molecule has 0 aromatic heterocycles. The third kappa shape index (κ3) is 14.0. The molecule has 0 saturated heterocycles. The van der Waals surface area contributed by atoms with Crippen molar-refractivity contribution < 1.29 is 23.7 Å². The van der Waals surface area contributed by atoms with E-state index in [0.717, 1.165) is 44.9 Å². The van der Waals surface area contributed by atoms with Gasteiger partial charge < -0.3 is 18.9 Å². The van der Waals surface area contributed by atoms with Crippen LogP contribution in [0.5, 0.6) is 0 Å². The van der Waals surface area contributed by atoms with E-state index in [4.69, 9.17) is 18.9 Å². The second-order valence-electron chi connectivity index (χ2n) is 8.46. The molecule has 0 amide bonds. The minimum atomic E-state index is -1.01. The number of ether oxygens (including phenoxy) is 4. The van der Waals surface area contributed by atoms with Crippen molar-refractivity contribution in [2.45, 2.75) is 118 Å². The summed E-state index contributed by atoms with van der Waals surface area (Å²) in [5, 5.41) is 0. The van der Waals surface area contributed by atoms with E-state index in [-0.39, 0.29) is 11.9 Å². The third-order valence-corrected chi connectivity index (χ3v) is 5.21. The number of carbonyl (C=O) groups excluding carboxylic acids is 1. The van der Waals surface area contributed by atoms with Gasteiger partial charge >= 0.3 is 5.97 Å². The number of hydrogen-bond acceptors (Lipinski definition) is 5. The zero-order valence-electron chi connectivity index (χ0n) is 21.1. The van der Waals surface area contributed by atoms with Gasteiger partial charge in [0.2, 0.25) is 0 Å². The summed E-state index contributed by atoms with van der Waals surface area (Å²) in [7, 11) is 0. The predicted molar refractivity (Wildman–Crippen MR) is 128 cm³/mol. The van der Waals surface area contributed by atoms with E-state index in [2.05, 4.69) is 34.3 Å². The molecule has 5 heteroatoms. The maximum atomic E-state index is 11.7. The highest BCUT2D eigenvalue weighted by Crippen LogP contribution is 2.34. The molecule has 0 heterocycles. The first-order valence-corrected chi connectivity index (χ1v) is 12.7. The number of rotatable bonds is 22. The van der Waals surface area contributed by atoms with Gasteiger partial charge in [0, 0.05) is 11.5 Å². The topological polar surface area (TPSA) is 54.0 Å². The van der Waals surface area contributed by atoms with Crippen molar-refractivity contribution in [3.8, 4) is 0 Å². The van der Waals surface area contributed by atoms with Crippen molar-refractivity contribution in [3.05, 3.63) is 12.2 Å². The van der Waals surface area contributed by atoms with Crippen LogP contribution in [0.2, 0.25) is 0 Å². The van der Waals surface area contributed by atoms with Gasteiger partial charge in [0.15, 0.2) is 0 Å². The average molecular weight is 443 g/mol. The number of unbranched alkanes of at least 4 members (excludes halogenated alkanes) is 5. The fraction of sp³-hybridized carbons (Fsp3) is 0.885. The molecule has 0 aliphatic heterocycles. The van der Waals surface area contributed by atoms with Gasteiger partial charge in [0.05, 0.1) is 26.4 Å². The van der Waals surface area contributed by atoms with E-state index in [1.807, 2.05) is 0 Å². The summed E-state index contributed by atoms with van der Waals surface area (Å²) >= 11 is 0. The predicted octanol–water partition coefficient (Wildman–Crippen LogP) is 7.19. The van der Waals surface area contributed by atoms with E-state index < -0.39 is 5.97 Å². The van der Waals surface area contributed by atoms with Crippen LogP contribution in [0, 0.1) is 5.92 Å². The molecule has 184 valence electrons. The van der Waals surface area contributed by atoms with Crippen molar-refractivity contribution >= 4 is 5.97 Å². The van der Waals surface area contributed by atoms with Gasteiger partial charge in [-0.05, 0) is 45.4 Å². The van der Waals surface area contributed by atoms with Crippen molar-refractivity contribution in [1.29, 1.82) is 0 Å². The Morgan fingerprint density at radius 3 is 1.68 bits per heavy atom. The summed E-state index contributed by atoms with van der Waals surface area (Å²) in [6, 6.07) is 0. The lowest BCUT2D eigenvalue weighted by Gasteiger charge is -2.40. The molecule has 0 bridgehead atoms. The zero-order chi connectivity index (χ0) is 23.4. The number of hydrogen-bond donors (Lipinski definition) is 0. The van der Waals surface area contributed by atoms with Crippen LogP contribution in [0.25, 0.3) is 0 Å². The Morgan fingerprint density at radius 1 is 0.710 bits per heavy atom. The van der Waals surface area contributed by atoms with Crippen LogP contribution in [0.15, 0.2) is 12.2 Å². The maximum Gasteiger partial charge on any atom is 0.333 e. The molecule has 0 rings (SSSR count). The van der Waals surface area contributed by atoms with Gasteiger partial charge in [0.25, 0.3) is 5.97 Å². The quantitative estimate of drug-likeness (QED) is 0.0768. The molecular weight excluding hydrogens is 392 g/mol. The van der Waals surface area contributed by atoms with E-state index in [1.54, 1.807) is 6.92 Å². The Labute approximate surface area is 192 Å². The number of esters is 1. The molecule has 0 aromatic rings.